The van der Waals surface area contributed by atoms with Crippen molar-refractivity contribution in [1.29, 1.82) is 0 Å². The van der Waals surface area contributed by atoms with E-state index >= 15 is 0 Å². The van der Waals surface area contributed by atoms with Gasteiger partial charge in [0.15, 0.2) is 0 Å². The van der Waals surface area contributed by atoms with E-state index in [-0.39, 0.29) is 0 Å². The summed E-state index contributed by atoms with van der Waals surface area (Å²) in [6.07, 6.45) is 0.877. The van der Waals surface area contributed by atoms with Crippen LogP contribution in [-0.2, 0) is 6.42 Å². The zero-order chi connectivity index (χ0) is 7.40. The third-order valence-electron chi connectivity index (χ3n) is 1.50. The Bertz CT molecular complexity index is 206. The SMILES string of the molecule is Cc1cccc(CC[NH])c1. The minimum absolute atomic E-state index is 0.490. The first-order valence-corrected chi connectivity index (χ1v) is 3.53. The van der Waals surface area contributed by atoms with Crippen LogP contribution in [0.1, 0.15) is 11.1 Å². The van der Waals surface area contributed by atoms with E-state index in [2.05, 4.69) is 25.1 Å². The predicted octanol–water partition coefficient (Wildman–Crippen LogP) is 1.82. The second-order valence-corrected chi connectivity index (χ2v) is 2.49. The molecule has 0 bridgehead atoms. The third-order valence-corrected chi connectivity index (χ3v) is 1.50. The number of aryl methyl sites for hydroxylation is 1. The fraction of sp³-hybridized carbons (Fsp3) is 0.333. The van der Waals surface area contributed by atoms with Crippen LogP contribution in [0, 0.1) is 6.92 Å². The van der Waals surface area contributed by atoms with Gasteiger partial charge in [-0.3, -0.25) is 5.73 Å². The Morgan fingerprint density at radius 2 is 2.20 bits per heavy atom. The average Bonchev–Trinajstić information content (AvgIpc) is 1.88. The van der Waals surface area contributed by atoms with Crippen LogP contribution in [0.3, 0.4) is 0 Å². The van der Waals surface area contributed by atoms with Crippen LogP contribution in [0.2, 0.25) is 0 Å². The van der Waals surface area contributed by atoms with Crippen LogP contribution < -0.4 is 5.73 Å². The van der Waals surface area contributed by atoms with Crippen molar-refractivity contribution in [2.45, 2.75) is 13.3 Å². The van der Waals surface area contributed by atoms with Crippen LogP contribution in [0.25, 0.3) is 0 Å². The Balaban J connectivity index is 2.75. The van der Waals surface area contributed by atoms with Crippen LogP contribution in [0.4, 0.5) is 0 Å². The van der Waals surface area contributed by atoms with Crippen LogP contribution in [-0.4, -0.2) is 6.54 Å². The molecule has 53 valence electrons. The van der Waals surface area contributed by atoms with Gasteiger partial charge in [0.25, 0.3) is 0 Å². The van der Waals surface area contributed by atoms with Crippen LogP contribution in [0.15, 0.2) is 24.3 Å². The Kier molecular flexibility index (Phi) is 2.46. The number of hydrogen-bond donors (Lipinski definition) is 0. The summed E-state index contributed by atoms with van der Waals surface area (Å²) >= 11 is 0. The lowest BCUT2D eigenvalue weighted by molar-refractivity contribution is 0.940. The van der Waals surface area contributed by atoms with E-state index in [0.29, 0.717) is 6.54 Å². The van der Waals surface area contributed by atoms with Crippen molar-refractivity contribution in [3.05, 3.63) is 35.4 Å². The molecule has 1 aromatic carbocycles. The quantitative estimate of drug-likeness (QED) is 0.589. The normalized spacial score (nSPS) is 9.80. The molecular formula is C9H12N. The molecule has 1 rings (SSSR count). The van der Waals surface area contributed by atoms with Gasteiger partial charge < -0.3 is 0 Å². The monoisotopic (exact) mass is 134 g/mol. The van der Waals surface area contributed by atoms with E-state index in [1.165, 1.54) is 11.1 Å². The predicted molar refractivity (Wildman–Crippen MR) is 42.8 cm³/mol. The molecular weight excluding hydrogens is 122 g/mol. The number of hydrogen-bond acceptors (Lipinski definition) is 0. The first-order chi connectivity index (χ1) is 4.83. The van der Waals surface area contributed by atoms with Crippen molar-refractivity contribution in [3.8, 4) is 0 Å². The molecule has 0 aliphatic carbocycles. The summed E-state index contributed by atoms with van der Waals surface area (Å²) in [6.45, 7) is 2.57. The van der Waals surface area contributed by atoms with Crippen molar-refractivity contribution >= 4 is 0 Å². The van der Waals surface area contributed by atoms with Gasteiger partial charge in [0.05, 0.1) is 0 Å². The van der Waals surface area contributed by atoms with Crippen molar-refractivity contribution in [2.24, 2.45) is 0 Å². The van der Waals surface area contributed by atoms with Crippen LogP contribution in [0.5, 0.6) is 0 Å². The number of benzene rings is 1. The number of nitrogens with one attached hydrogen (secondary N) is 1. The fourth-order valence-corrected chi connectivity index (χ4v) is 1.01. The molecule has 10 heavy (non-hydrogen) atoms. The van der Waals surface area contributed by atoms with Gasteiger partial charge in [0, 0.05) is 6.54 Å². The second-order valence-electron chi connectivity index (χ2n) is 2.49. The number of rotatable bonds is 2. The molecule has 0 unspecified atom stereocenters. The summed E-state index contributed by atoms with van der Waals surface area (Å²) in [7, 11) is 0. The lowest BCUT2D eigenvalue weighted by atomic mass is 10.1. The molecule has 0 spiro atoms. The lowest BCUT2D eigenvalue weighted by Gasteiger charge is -1.97. The minimum Gasteiger partial charge on any atom is -0.258 e. The molecule has 0 atom stereocenters. The van der Waals surface area contributed by atoms with Crippen LogP contribution >= 0.6 is 0 Å². The van der Waals surface area contributed by atoms with E-state index in [0.717, 1.165) is 6.42 Å². The zero-order valence-corrected chi connectivity index (χ0v) is 6.22. The summed E-state index contributed by atoms with van der Waals surface area (Å²) in [5, 5.41) is 0. The van der Waals surface area contributed by atoms with Crippen molar-refractivity contribution in [1.82, 2.24) is 5.73 Å². The zero-order valence-electron chi connectivity index (χ0n) is 6.22. The highest BCUT2D eigenvalue weighted by Gasteiger charge is 1.89. The maximum Gasteiger partial charge on any atom is 0.0140 e. The summed E-state index contributed by atoms with van der Waals surface area (Å²) < 4.78 is 0. The Hall–Kier alpha value is -0.820. The van der Waals surface area contributed by atoms with Gasteiger partial charge in [-0.25, -0.2) is 0 Å². The molecule has 1 aromatic rings. The van der Waals surface area contributed by atoms with Gasteiger partial charge in [0.1, 0.15) is 0 Å². The first kappa shape index (κ1) is 7.29. The van der Waals surface area contributed by atoms with Crippen molar-refractivity contribution in [3.63, 3.8) is 0 Å². The highest BCUT2D eigenvalue weighted by Crippen LogP contribution is 2.03. The molecule has 1 nitrogen and oxygen atoms in total. The standard InChI is InChI=1S/C9H12N/c1-8-3-2-4-9(7-8)5-6-10/h2-4,7,10H,5-6H2,1H3. The molecule has 0 aliphatic rings. The molecule has 0 saturated heterocycles. The molecule has 1 heteroatoms. The van der Waals surface area contributed by atoms with E-state index in [9.17, 15) is 0 Å². The highest BCUT2D eigenvalue weighted by atomic mass is 14.5. The topological polar surface area (TPSA) is 23.8 Å². The molecule has 0 aromatic heterocycles. The molecule has 0 saturated carbocycles. The van der Waals surface area contributed by atoms with E-state index in [1.54, 1.807) is 0 Å². The Morgan fingerprint density at radius 1 is 1.40 bits per heavy atom. The first-order valence-electron chi connectivity index (χ1n) is 3.53. The van der Waals surface area contributed by atoms with Gasteiger partial charge in [-0.05, 0) is 18.9 Å². The maximum atomic E-state index is 7.01. The molecule has 0 amide bonds. The van der Waals surface area contributed by atoms with E-state index in [4.69, 9.17) is 5.73 Å². The average molecular weight is 134 g/mol. The Labute approximate surface area is 61.9 Å². The maximum absolute atomic E-state index is 7.01. The fourth-order valence-electron chi connectivity index (χ4n) is 1.01. The summed E-state index contributed by atoms with van der Waals surface area (Å²) in [5.74, 6) is 0. The molecule has 0 aliphatic heterocycles. The Morgan fingerprint density at radius 3 is 2.80 bits per heavy atom. The van der Waals surface area contributed by atoms with Gasteiger partial charge in [-0.15, -0.1) is 0 Å². The second kappa shape index (κ2) is 3.37. The third kappa shape index (κ3) is 1.85. The molecule has 0 fully saturated rings. The summed E-state index contributed by atoms with van der Waals surface area (Å²) in [4.78, 5) is 0. The lowest BCUT2D eigenvalue weighted by Crippen LogP contribution is -1.91. The molecule has 1 N–H and O–H groups in total. The minimum atomic E-state index is 0.490. The largest absolute Gasteiger partial charge is 0.258 e. The van der Waals surface area contributed by atoms with E-state index < -0.39 is 0 Å². The van der Waals surface area contributed by atoms with Gasteiger partial charge in [-0.1, -0.05) is 29.8 Å². The van der Waals surface area contributed by atoms with Gasteiger partial charge in [-0.2, -0.15) is 0 Å². The van der Waals surface area contributed by atoms with E-state index in [1.807, 2.05) is 6.07 Å². The van der Waals surface area contributed by atoms with Gasteiger partial charge >= 0.3 is 0 Å². The molecule has 1 radical (unpaired) electrons. The highest BCUT2D eigenvalue weighted by molar-refractivity contribution is 5.22. The van der Waals surface area contributed by atoms with Crippen molar-refractivity contribution < 1.29 is 0 Å². The smallest absolute Gasteiger partial charge is 0.0140 e. The summed E-state index contributed by atoms with van der Waals surface area (Å²) in [5.41, 5.74) is 9.57. The van der Waals surface area contributed by atoms with Gasteiger partial charge in [0.2, 0.25) is 0 Å². The summed E-state index contributed by atoms with van der Waals surface area (Å²) in [6, 6.07) is 8.32. The molecule has 0 heterocycles. The van der Waals surface area contributed by atoms with Crippen molar-refractivity contribution in [2.75, 3.05) is 6.54 Å².